The van der Waals surface area contributed by atoms with Crippen LogP contribution in [0.2, 0.25) is 0 Å². The molecule has 9 nitrogen and oxygen atoms in total. The van der Waals surface area contributed by atoms with E-state index in [0.29, 0.717) is 5.82 Å². The van der Waals surface area contributed by atoms with Crippen molar-refractivity contribution in [1.29, 1.82) is 0 Å². The normalized spacial score (nSPS) is 15.0. The minimum atomic E-state index is -4.13. The van der Waals surface area contributed by atoms with Gasteiger partial charge in [-0.05, 0) is 40.6 Å². The summed E-state index contributed by atoms with van der Waals surface area (Å²) < 4.78 is 59.1. The highest BCUT2D eigenvalue weighted by Gasteiger charge is 2.31. The first kappa shape index (κ1) is 22.6. The van der Waals surface area contributed by atoms with E-state index in [1.807, 2.05) is 18.2 Å². The average molecular weight is 496 g/mol. The van der Waals surface area contributed by atoms with Crippen molar-refractivity contribution >= 4 is 21.7 Å². The monoisotopic (exact) mass is 495 g/mol. The second-order valence-electron chi connectivity index (χ2n) is 7.91. The van der Waals surface area contributed by atoms with Gasteiger partial charge in [0.1, 0.15) is 16.5 Å². The van der Waals surface area contributed by atoms with E-state index in [9.17, 15) is 12.8 Å². The number of fused-ring (bicyclic) bond motifs is 1. The Morgan fingerprint density at radius 2 is 1.86 bits per heavy atom. The predicted molar refractivity (Wildman–Crippen MR) is 125 cm³/mol. The highest BCUT2D eigenvalue weighted by atomic mass is 32.2. The molecule has 1 atom stereocenters. The Hall–Kier alpha value is -4.19. The van der Waals surface area contributed by atoms with Gasteiger partial charge in [0, 0.05) is 23.6 Å². The molecule has 0 bridgehead atoms. The van der Waals surface area contributed by atoms with Crippen molar-refractivity contribution in [1.82, 2.24) is 25.9 Å². The van der Waals surface area contributed by atoms with Crippen LogP contribution in [0, 0.1) is 11.6 Å². The summed E-state index contributed by atoms with van der Waals surface area (Å²) in [4.78, 5) is -0.179. The summed E-state index contributed by atoms with van der Waals surface area (Å²) in [6.45, 7) is 1.82. The number of benzene rings is 3. The summed E-state index contributed by atoms with van der Waals surface area (Å²) in [5, 5.41) is 19.7. The van der Waals surface area contributed by atoms with E-state index in [0.717, 1.165) is 23.3 Å². The fourth-order valence-electron chi connectivity index (χ4n) is 4.00. The Labute approximate surface area is 199 Å². The maximum Gasteiger partial charge on any atom is 0.287 e. The van der Waals surface area contributed by atoms with Crippen molar-refractivity contribution in [3.8, 4) is 11.4 Å². The molecule has 3 N–H and O–H groups in total. The molecular formula is C23H19F2N7O2S. The highest BCUT2D eigenvalue weighted by molar-refractivity contribution is 7.90. The molecule has 0 saturated heterocycles. The van der Waals surface area contributed by atoms with Gasteiger partial charge in [-0.1, -0.05) is 43.3 Å². The number of sulfonamides is 1. The Bertz CT molecular complexity index is 1540. The summed E-state index contributed by atoms with van der Waals surface area (Å²) in [6.07, 6.45) is 0. The first-order valence-electron chi connectivity index (χ1n) is 10.6. The van der Waals surface area contributed by atoms with E-state index in [1.165, 1.54) is 12.1 Å². The zero-order valence-electron chi connectivity index (χ0n) is 18.3. The van der Waals surface area contributed by atoms with E-state index in [-0.39, 0.29) is 34.2 Å². The molecule has 12 heteroatoms. The molecule has 0 saturated carbocycles. The third-order valence-electron chi connectivity index (χ3n) is 5.68. The molecular weight excluding hydrogens is 476 g/mol. The van der Waals surface area contributed by atoms with Gasteiger partial charge < -0.3 is 10.6 Å². The fourth-order valence-corrected chi connectivity index (χ4v) is 5.11. The molecule has 4 aromatic rings. The molecule has 35 heavy (non-hydrogen) atoms. The molecule has 0 amide bonds. The number of tetrazole rings is 1. The zero-order chi connectivity index (χ0) is 24.6. The maximum absolute atomic E-state index is 15.0. The van der Waals surface area contributed by atoms with E-state index in [1.54, 1.807) is 25.1 Å². The van der Waals surface area contributed by atoms with Crippen molar-refractivity contribution in [2.45, 2.75) is 24.3 Å². The number of rotatable bonds is 5. The van der Waals surface area contributed by atoms with Gasteiger partial charge >= 0.3 is 0 Å². The summed E-state index contributed by atoms with van der Waals surface area (Å²) in [6, 6.07) is 15.5. The molecule has 1 aromatic heterocycles. The summed E-state index contributed by atoms with van der Waals surface area (Å²) in [7, 11) is -4.13. The van der Waals surface area contributed by atoms with E-state index in [4.69, 9.17) is 0 Å². The molecule has 0 radical (unpaired) electrons. The SMILES string of the molecule is C[C@H](c1ccccc1F)c1c(F)ccc2c1NC(NCc1cccc(-c3nn[nH]n3)c1)=NS2(=O)=O. The molecule has 1 aliphatic heterocycles. The molecule has 3 aromatic carbocycles. The van der Waals surface area contributed by atoms with Crippen molar-refractivity contribution in [2.75, 3.05) is 5.32 Å². The van der Waals surface area contributed by atoms with Crippen LogP contribution in [0.1, 0.15) is 29.5 Å². The Morgan fingerprint density at radius 3 is 2.63 bits per heavy atom. The number of aromatic amines is 1. The Balaban J connectivity index is 1.46. The van der Waals surface area contributed by atoms with E-state index in [2.05, 4.69) is 35.7 Å². The lowest BCUT2D eigenvalue weighted by Gasteiger charge is -2.25. The highest BCUT2D eigenvalue weighted by Crippen LogP contribution is 2.39. The van der Waals surface area contributed by atoms with Gasteiger partial charge in [0.05, 0.1) is 5.69 Å². The molecule has 0 fully saturated rings. The molecule has 0 unspecified atom stereocenters. The number of nitrogens with one attached hydrogen (secondary N) is 3. The van der Waals surface area contributed by atoms with Crippen molar-refractivity contribution in [3.05, 3.63) is 89.0 Å². The maximum atomic E-state index is 15.0. The van der Waals surface area contributed by atoms with Crippen LogP contribution in [0.25, 0.3) is 11.4 Å². The first-order valence-corrected chi connectivity index (χ1v) is 12.0. The summed E-state index contributed by atoms with van der Waals surface area (Å²) >= 11 is 0. The van der Waals surface area contributed by atoms with Crippen LogP contribution in [0.5, 0.6) is 0 Å². The van der Waals surface area contributed by atoms with Gasteiger partial charge in [-0.25, -0.2) is 8.78 Å². The second kappa shape index (κ2) is 8.87. The number of nitrogens with zero attached hydrogens (tertiary/aromatic N) is 4. The summed E-state index contributed by atoms with van der Waals surface area (Å²) in [5.41, 5.74) is 1.81. The van der Waals surface area contributed by atoms with Crippen molar-refractivity contribution in [2.24, 2.45) is 4.40 Å². The van der Waals surface area contributed by atoms with Crippen molar-refractivity contribution in [3.63, 3.8) is 0 Å². The Kier molecular flexibility index (Phi) is 5.73. The van der Waals surface area contributed by atoms with Crippen molar-refractivity contribution < 1.29 is 17.2 Å². The van der Waals surface area contributed by atoms with Crippen LogP contribution in [-0.4, -0.2) is 35.0 Å². The molecule has 5 rings (SSSR count). The molecule has 2 heterocycles. The lowest BCUT2D eigenvalue weighted by molar-refractivity contribution is 0.578. The minimum absolute atomic E-state index is 0.0267. The molecule has 0 spiro atoms. The number of halogens is 2. The first-order chi connectivity index (χ1) is 16.8. The van der Waals surface area contributed by atoms with Crippen LogP contribution in [-0.2, 0) is 16.6 Å². The standard InChI is InChI=1S/C23H19F2N7O2S/c1-13(16-7-2-3-8-17(16)24)20-18(25)9-10-19-21(20)27-23(30-35(19,33)34)26-12-14-5-4-6-15(11-14)22-28-31-32-29-22/h2-11,13H,12H2,1H3,(H2,26,27,30)(H,28,29,31,32)/t13-/m1/s1. The van der Waals surface area contributed by atoms with Gasteiger partial charge in [-0.3, -0.25) is 0 Å². The van der Waals surface area contributed by atoms with Crippen LogP contribution < -0.4 is 10.6 Å². The quantitative estimate of drug-likeness (QED) is 0.387. The van der Waals surface area contributed by atoms with Gasteiger partial charge in [0.2, 0.25) is 11.8 Å². The third-order valence-corrected chi connectivity index (χ3v) is 7.00. The number of hydrogen-bond acceptors (Lipinski definition) is 7. The third kappa shape index (κ3) is 4.35. The van der Waals surface area contributed by atoms with Gasteiger partial charge in [-0.2, -0.15) is 13.6 Å². The van der Waals surface area contributed by atoms with Crippen LogP contribution in [0.3, 0.4) is 0 Å². The lowest BCUT2D eigenvalue weighted by atomic mass is 9.91. The lowest BCUT2D eigenvalue weighted by Crippen LogP contribution is -2.35. The minimum Gasteiger partial charge on any atom is -0.351 e. The van der Waals surface area contributed by atoms with Crippen LogP contribution >= 0.6 is 0 Å². The average Bonchev–Trinajstić information content (AvgIpc) is 3.37. The number of hydrogen-bond donors (Lipinski definition) is 3. The van der Waals surface area contributed by atoms with Gasteiger partial charge in [0.25, 0.3) is 10.0 Å². The zero-order valence-corrected chi connectivity index (χ0v) is 19.1. The van der Waals surface area contributed by atoms with E-state index < -0.39 is 27.6 Å². The largest absolute Gasteiger partial charge is 0.351 e. The van der Waals surface area contributed by atoms with Crippen LogP contribution in [0.4, 0.5) is 14.5 Å². The Morgan fingerprint density at radius 1 is 1.03 bits per heavy atom. The fraction of sp³-hybridized carbons (Fsp3) is 0.130. The van der Waals surface area contributed by atoms with Crippen LogP contribution in [0.15, 0.2) is 70.0 Å². The topological polar surface area (TPSA) is 125 Å². The van der Waals surface area contributed by atoms with Gasteiger partial charge in [0.15, 0.2) is 0 Å². The number of anilines is 1. The molecule has 178 valence electrons. The number of H-pyrrole nitrogens is 1. The number of aromatic nitrogens is 4. The molecule has 1 aliphatic rings. The van der Waals surface area contributed by atoms with Gasteiger partial charge in [-0.15, -0.1) is 14.6 Å². The smallest absolute Gasteiger partial charge is 0.287 e. The molecule has 0 aliphatic carbocycles. The second-order valence-corrected chi connectivity index (χ2v) is 9.48. The van der Waals surface area contributed by atoms with E-state index >= 15 is 4.39 Å². The number of guanidine groups is 1. The summed E-state index contributed by atoms with van der Waals surface area (Å²) in [5.74, 6) is -1.59. The predicted octanol–water partition coefficient (Wildman–Crippen LogP) is 3.56.